The van der Waals surface area contributed by atoms with Crippen molar-refractivity contribution in [2.45, 2.75) is 50.9 Å². The summed E-state index contributed by atoms with van der Waals surface area (Å²) in [4.78, 5) is 0. The van der Waals surface area contributed by atoms with Crippen molar-refractivity contribution >= 4 is 6.01 Å². The highest BCUT2D eigenvalue weighted by atomic mass is 16.4. The third-order valence-electron chi connectivity index (χ3n) is 5.23. The van der Waals surface area contributed by atoms with Crippen LogP contribution in [0.1, 0.15) is 56.8 Å². The number of aliphatic hydroxyl groups excluding tert-OH is 1. The number of anilines is 1. The molecule has 4 rings (SSSR count). The smallest absolute Gasteiger partial charge is 0.315 e. The highest BCUT2D eigenvalue weighted by molar-refractivity contribution is 5.21. The van der Waals surface area contributed by atoms with Gasteiger partial charge in [-0.15, -0.1) is 5.10 Å². The van der Waals surface area contributed by atoms with Crippen LogP contribution in [-0.2, 0) is 0 Å². The molecule has 0 aromatic carbocycles. The van der Waals surface area contributed by atoms with Crippen molar-refractivity contribution in [3.05, 3.63) is 5.89 Å². The second-order valence-corrected chi connectivity index (χ2v) is 6.94. The molecule has 3 saturated carbocycles. The monoisotopic (exact) mass is 263 g/mol. The Bertz CT molecular complexity index is 469. The third-order valence-corrected chi connectivity index (χ3v) is 5.23. The molecule has 0 bridgehead atoms. The minimum absolute atomic E-state index is 0.0363. The van der Waals surface area contributed by atoms with E-state index >= 15 is 0 Å². The van der Waals surface area contributed by atoms with Gasteiger partial charge in [0.2, 0.25) is 5.89 Å². The first-order valence-corrected chi connectivity index (χ1v) is 7.41. The lowest BCUT2D eigenvalue weighted by molar-refractivity contribution is -0.113. The van der Waals surface area contributed by atoms with Gasteiger partial charge in [-0.2, -0.15) is 0 Å². The molecule has 1 aromatic heterocycles. The molecule has 1 spiro atoms. The predicted octanol–water partition coefficient (Wildman–Crippen LogP) is 2.30. The van der Waals surface area contributed by atoms with Crippen LogP contribution < -0.4 is 5.32 Å². The summed E-state index contributed by atoms with van der Waals surface area (Å²) >= 11 is 0. The van der Waals surface area contributed by atoms with Crippen LogP contribution in [-0.4, -0.2) is 28.5 Å². The minimum atomic E-state index is 0.0363. The average molecular weight is 263 g/mol. The fraction of sp³-hybridized carbons (Fsp3) is 0.857. The number of hydrogen-bond acceptors (Lipinski definition) is 5. The minimum Gasteiger partial charge on any atom is -0.408 e. The predicted molar refractivity (Wildman–Crippen MR) is 69.8 cm³/mol. The van der Waals surface area contributed by atoms with E-state index < -0.39 is 0 Å². The van der Waals surface area contributed by atoms with E-state index in [0.717, 1.165) is 25.3 Å². The Labute approximate surface area is 112 Å². The number of hydrogen-bond donors (Lipinski definition) is 2. The molecule has 0 atom stereocenters. The molecule has 0 radical (unpaired) electrons. The van der Waals surface area contributed by atoms with Gasteiger partial charge in [0.25, 0.3) is 0 Å². The van der Waals surface area contributed by atoms with E-state index in [-0.39, 0.29) is 12.0 Å². The molecule has 0 unspecified atom stereocenters. The number of aliphatic hydroxyl groups is 1. The van der Waals surface area contributed by atoms with Crippen molar-refractivity contribution in [1.29, 1.82) is 0 Å². The Morgan fingerprint density at radius 2 is 2.05 bits per heavy atom. The summed E-state index contributed by atoms with van der Waals surface area (Å²) in [5.74, 6) is 1.27. The molecule has 0 saturated heterocycles. The summed E-state index contributed by atoms with van der Waals surface area (Å²) < 4.78 is 5.59. The fourth-order valence-electron chi connectivity index (χ4n) is 3.93. The molecule has 1 aromatic rings. The van der Waals surface area contributed by atoms with E-state index in [1.54, 1.807) is 0 Å². The normalized spacial score (nSPS) is 26.8. The van der Waals surface area contributed by atoms with Gasteiger partial charge in [0.05, 0.1) is 6.61 Å². The molecule has 104 valence electrons. The molecular weight excluding hydrogens is 242 g/mol. The van der Waals surface area contributed by atoms with Crippen molar-refractivity contribution in [3.8, 4) is 0 Å². The van der Waals surface area contributed by atoms with E-state index in [0.29, 0.717) is 17.3 Å². The summed E-state index contributed by atoms with van der Waals surface area (Å²) in [5, 5.41) is 21.0. The van der Waals surface area contributed by atoms with Crippen molar-refractivity contribution in [2.75, 3.05) is 18.5 Å². The molecule has 3 aliphatic carbocycles. The average Bonchev–Trinajstić information content (AvgIpc) is 3.07. The lowest BCUT2D eigenvalue weighted by Gasteiger charge is -2.60. The number of rotatable bonds is 5. The van der Waals surface area contributed by atoms with Crippen LogP contribution >= 0.6 is 0 Å². The van der Waals surface area contributed by atoms with Crippen molar-refractivity contribution in [2.24, 2.45) is 10.8 Å². The SMILES string of the molecule is OCC1(CNc2nnc(C3CC3)o2)CC2(CCC2)C1. The van der Waals surface area contributed by atoms with Gasteiger partial charge in [-0.05, 0) is 43.9 Å². The van der Waals surface area contributed by atoms with E-state index in [9.17, 15) is 5.11 Å². The van der Waals surface area contributed by atoms with Gasteiger partial charge < -0.3 is 14.8 Å². The van der Waals surface area contributed by atoms with Crippen molar-refractivity contribution < 1.29 is 9.52 Å². The molecule has 19 heavy (non-hydrogen) atoms. The topological polar surface area (TPSA) is 71.2 Å². The van der Waals surface area contributed by atoms with Crippen LogP contribution in [0.15, 0.2) is 4.42 Å². The van der Waals surface area contributed by atoms with Gasteiger partial charge >= 0.3 is 6.01 Å². The Morgan fingerprint density at radius 1 is 1.26 bits per heavy atom. The zero-order valence-corrected chi connectivity index (χ0v) is 11.2. The molecule has 5 nitrogen and oxygen atoms in total. The van der Waals surface area contributed by atoms with Crippen molar-refractivity contribution in [3.63, 3.8) is 0 Å². The molecule has 3 aliphatic rings. The molecule has 3 fully saturated rings. The summed E-state index contributed by atoms with van der Waals surface area (Å²) in [5.41, 5.74) is 0.604. The van der Waals surface area contributed by atoms with Gasteiger partial charge in [-0.1, -0.05) is 11.5 Å². The van der Waals surface area contributed by atoms with Crippen LogP contribution in [0.4, 0.5) is 6.01 Å². The highest BCUT2D eigenvalue weighted by Crippen LogP contribution is 2.64. The Morgan fingerprint density at radius 3 is 2.63 bits per heavy atom. The zero-order chi connectivity index (χ0) is 12.9. The summed E-state index contributed by atoms with van der Waals surface area (Å²) in [6.07, 6.45) is 8.70. The second-order valence-electron chi connectivity index (χ2n) is 6.94. The maximum Gasteiger partial charge on any atom is 0.315 e. The standard InChI is InChI=1S/C14H21N3O2/c18-9-14(6-13(7-14)4-1-5-13)8-15-12-17-16-11(19-12)10-2-3-10/h10,18H,1-9H2,(H,15,17). The lowest BCUT2D eigenvalue weighted by Crippen LogP contribution is -2.55. The number of aromatic nitrogens is 2. The largest absolute Gasteiger partial charge is 0.408 e. The van der Waals surface area contributed by atoms with Gasteiger partial charge in [0, 0.05) is 17.9 Å². The molecule has 0 amide bonds. The summed E-state index contributed by atoms with van der Waals surface area (Å²) in [6, 6.07) is 0.518. The molecule has 0 aliphatic heterocycles. The summed E-state index contributed by atoms with van der Waals surface area (Å²) in [7, 11) is 0. The maximum atomic E-state index is 9.66. The first kappa shape index (κ1) is 11.7. The van der Waals surface area contributed by atoms with E-state index in [4.69, 9.17) is 4.42 Å². The van der Waals surface area contributed by atoms with Gasteiger partial charge in [-0.3, -0.25) is 0 Å². The van der Waals surface area contributed by atoms with Crippen LogP contribution in [0.3, 0.4) is 0 Å². The Balaban J connectivity index is 1.35. The van der Waals surface area contributed by atoms with Crippen LogP contribution in [0.2, 0.25) is 0 Å². The van der Waals surface area contributed by atoms with Gasteiger partial charge in [0.1, 0.15) is 0 Å². The lowest BCUT2D eigenvalue weighted by atomic mass is 9.45. The Hall–Kier alpha value is -1.10. The van der Waals surface area contributed by atoms with E-state index in [2.05, 4.69) is 15.5 Å². The maximum absolute atomic E-state index is 9.66. The number of nitrogens with one attached hydrogen (secondary N) is 1. The van der Waals surface area contributed by atoms with Crippen LogP contribution in [0.25, 0.3) is 0 Å². The summed E-state index contributed by atoms with van der Waals surface area (Å²) in [6.45, 7) is 1.00. The third kappa shape index (κ3) is 1.95. The molecule has 5 heteroatoms. The van der Waals surface area contributed by atoms with Crippen molar-refractivity contribution in [1.82, 2.24) is 10.2 Å². The Kier molecular flexibility index (Phi) is 2.43. The van der Waals surface area contributed by atoms with Crippen LogP contribution in [0, 0.1) is 10.8 Å². The number of nitrogens with zero attached hydrogens (tertiary/aromatic N) is 2. The van der Waals surface area contributed by atoms with E-state index in [1.165, 1.54) is 32.1 Å². The molecule has 1 heterocycles. The van der Waals surface area contributed by atoms with Crippen LogP contribution in [0.5, 0.6) is 0 Å². The zero-order valence-electron chi connectivity index (χ0n) is 11.2. The van der Waals surface area contributed by atoms with E-state index in [1.807, 2.05) is 0 Å². The first-order valence-electron chi connectivity index (χ1n) is 7.41. The highest BCUT2D eigenvalue weighted by Gasteiger charge is 2.56. The van der Waals surface area contributed by atoms with Gasteiger partial charge in [0.15, 0.2) is 0 Å². The quantitative estimate of drug-likeness (QED) is 0.853. The molecular formula is C14H21N3O2. The fourth-order valence-corrected chi connectivity index (χ4v) is 3.93. The first-order chi connectivity index (χ1) is 9.23. The second kappa shape index (κ2) is 3.95. The molecule has 2 N–H and O–H groups in total. The van der Waals surface area contributed by atoms with Gasteiger partial charge in [-0.25, -0.2) is 0 Å².